The van der Waals surface area contributed by atoms with Crippen LogP contribution in [0.4, 0.5) is 4.39 Å². The van der Waals surface area contributed by atoms with Crippen LogP contribution in [0.25, 0.3) is 11.0 Å². The number of aromatic nitrogens is 2. The highest BCUT2D eigenvalue weighted by Crippen LogP contribution is 2.37. The van der Waals surface area contributed by atoms with Gasteiger partial charge in [-0.2, -0.15) is 0 Å². The van der Waals surface area contributed by atoms with E-state index in [4.69, 9.17) is 10.7 Å². The maximum atomic E-state index is 13.5. The molecule has 0 radical (unpaired) electrons. The minimum absolute atomic E-state index is 0.214. The zero-order valence-electron chi connectivity index (χ0n) is 11.3. The smallest absolute Gasteiger partial charge is 0.130 e. The van der Waals surface area contributed by atoms with Crippen LogP contribution >= 0.6 is 0 Å². The van der Waals surface area contributed by atoms with Gasteiger partial charge < -0.3 is 10.3 Å². The summed E-state index contributed by atoms with van der Waals surface area (Å²) in [5, 5.41) is 0. The SMILES string of the molecule is CCCn1c(C2(N)CCCC2)nc2ccc(F)cc21. The topological polar surface area (TPSA) is 43.8 Å². The van der Waals surface area contributed by atoms with E-state index in [2.05, 4.69) is 11.5 Å². The summed E-state index contributed by atoms with van der Waals surface area (Å²) < 4.78 is 15.6. The maximum absolute atomic E-state index is 13.5. The second-order valence-electron chi connectivity index (χ2n) is 5.58. The molecule has 0 unspecified atom stereocenters. The van der Waals surface area contributed by atoms with Gasteiger partial charge in [0.15, 0.2) is 0 Å². The molecule has 1 aliphatic carbocycles. The van der Waals surface area contributed by atoms with Crippen molar-refractivity contribution in [1.82, 2.24) is 9.55 Å². The minimum Gasteiger partial charge on any atom is -0.326 e. The lowest BCUT2D eigenvalue weighted by Crippen LogP contribution is -2.36. The van der Waals surface area contributed by atoms with E-state index < -0.39 is 0 Å². The number of aryl methyl sites for hydroxylation is 1. The van der Waals surface area contributed by atoms with Crippen LogP contribution in [0.2, 0.25) is 0 Å². The molecule has 1 aromatic carbocycles. The van der Waals surface area contributed by atoms with Crippen molar-refractivity contribution in [3.8, 4) is 0 Å². The maximum Gasteiger partial charge on any atom is 0.130 e. The predicted molar refractivity (Wildman–Crippen MR) is 74.3 cm³/mol. The van der Waals surface area contributed by atoms with Crippen LogP contribution < -0.4 is 5.73 Å². The molecule has 102 valence electrons. The summed E-state index contributed by atoms with van der Waals surface area (Å²) in [5.74, 6) is 0.723. The number of hydrogen-bond acceptors (Lipinski definition) is 2. The van der Waals surface area contributed by atoms with E-state index in [-0.39, 0.29) is 11.4 Å². The molecule has 1 fully saturated rings. The summed E-state index contributed by atoms with van der Waals surface area (Å²) >= 11 is 0. The van der Waals surface area contributed by atoms with Crippen LogP contribution in [-0.4, -0.2) is 9.55 Å². The summed E-state index contributed by atoms with van der Waals surface area (Å²) in [4.78, 5) is 4.70. The van der Waals surface area contributed by atoms with Crippen molar-refractivity contribution in [3.05, 3.63) is 29.8 Å². The van der Waals surface area contributed by atoms with E-state index in [9.17, 15) is 4.39 Å². The van der Waals surface area contributed by atoms with E-state index in [1.165, 1.54) is 6.07 Å². The number of imidazole rings is 1. The van der Waals surface area contributed by atoms with Crippen molar-refractivity contribution >= 4 is 11.0 Å². The van der Waals surface area contributed by atoms with Crippen molar-refractivity contribution in [1.29, 1.82) is 0 Å². The number of nitrogens with zero attached hydrogens (tertiary/aromatic N) is 2. The minimum atomic E-state index is -0.329. The Bertz CT molecular complexity index is 597. The van der Waals surface area contributed by atoms with Gasteiger partial charge in [-0.15, -0.1) is 0 Å². The van der Waals surface area contributed by atoms with Gasteiger partial charge in [-0.25, -0.2) is 9.37 Å². The highest BCUT2D eigenvalue weighted by atomic mass is 19.1. The van der Waals surface area contributed by atoms with Gasteiger partial charge in [-0.1, -0.05) is 19.8 Å². The van der Waals surface area contributed by atoms with Crippen LogP contribution in [0.1, 0.15) is 44.9 Å². The fraction of sp³-hybridized carbons (Fsp3) is 0.533. The molecule has 0 amide bonds. The third-order valence-corrected chi connectivity index (χ3v) is 4.10. The number of nitrogens with two attached hydrogens (primary N) is 1. The molecule has 0 atom stereocenters. The number of halogens is 1. The van der Waals surface area contributed by atoms with Gasteiger partial charge in [0.2, 0.25) is 0 Å². The highest BCUT2D eigenvalue weighted by Gasteiger charge is 2.36. The first kappa shape index (κ1) is 12.6. The molecule has 1 aromatic heterocycles. The largest absolute Gasteiger partial charge is 0.326 e. The molecule has 4 heteroatoms. The van der Waals surface area contributed by atoms with Crippen molar-refractivity contribution in [2.24, 2.45) is 5.73 Å². The zero-order chi connectivity index (χ0) is 13.5. The molecule has 1 aliphatic rings. The number of benzene rings is 1. The average Bonchev–Trinajstić information content (AvgIpc) is 2.96. The second-order valence-corrected chi connectivity index (χ2v) is 5.58. The monoisotopic (exact) mass is 261 g/mol. The molecule has 0 spiro atoms. The van der Waals surface area contributed by atoms with Crippen molar-refractivity contribution in [2.75, 3.05) is 0 Å². The molecule has 1 saturated carbocycles. The van der Waals surface area contributed by atoms with Crippen LogP contribution in [0, 0.1) is 5.82 Å². The quantitative estimate of drug-likeness (QED) is 0.921. The number of fused-ring (bicyclic) bond motifs is 1. The molecule has 1 heterocycles. The van der Waals surface area contributed by atoms with Crippen molar-refractivity contribution in [3.63, 3.8) is 0 Å². The normalized spacial score (nSPS) is 18.3. The van der Waals surface area contributed by atoms with Gasteiger partial charge >= 0.3 is 0 Å². The molecule has 2 aromatic rings. The fourth-order valence-electron chi connectivity index (χ4n) is 3.16. The Labute approximate surface area is 112 Å². The van der Waals surface area contributed by atoms with Gasteiger partial charge in [-0.05, 0) is 37.5 Å². The molecular weight excluding hydrogens is 241 g/mol. The Hall–Kier alpha value is -1.42. The van der Waals surface area contributed by atoms with E-state index in [0.29, 0.717) is 0 Å². The van der Waals surface area contributed by atoms with Crippen LogP contribution in [0.15, 0.2) is 18.2 Å². The Balaban J connectivity index is 2.20. The Kier molecular flexibility index (Phi) is 3.05. The standard InChI is InChI=1S/C15H20FN3/c1-2-9-19-13-10-11(16)5-6-12(13)18-14(19)15(17)7-3-4-8-15/h5-6,10H,2-4,7-9,17H2,1H3. The molecule has 0 bridgehead atoms. The molecule has 2 N–H and O–H groups in total. The summed E-state index contributed by atoms with van der Waals surface area (Å²) in [7, 11) is 0. The lowest BCUT2D eigenvalue weighted by Gasteiger charge is -2.24. The summed E-state index contributed by atoms with van der Waals surface area (Å²) in [6.45, 7) is 2.96. The Morgan fingerprint density at radius 3 is 2.79 bits per heavy atom. The van der Waals surface area contributed by atoms with Crippen molar-refractivity contribution < 1.29 is 4.39 Å². The Morgan fingerprint density at radius 1 is 1.37 bits per heavy atom. The molecule has 3 nitrogen and oxygen atoms in total. The average molecular weight is 261 g/mol. The molecule has 0 saturated heterocycles. The van der Waals surface area contributed by atoms with E-state index in [0.717, 1.165) is 55.5 Å². The van der Waals surface area contributed by atoms with Crippen LogP contribution in [0.3, 0.4) is 0 Å². The lowest BCUT2D eigenvalue weighted by molar-refractivity contribution is 0.409. The van der Waals surface area contributed by atoms with Gasteiger partial charge in [0.25, 0.3) is 0 Å². The molecule has 0 aliphatic heterocycles. The molecule has 3 rings (SSSR count). The molecule has 19 heavy (non-hydrogen) atoms. The first-order chi connectivity index (χ1) is 9.14. The first-order valence-corrected chi connectivity index (χ1v) is 7.09. The van der Waals surface area contributed by atoms with E-state index in [1.807, 2.05) is 0 Å². The van der Waals surface area contributed by atoms with Gasteiger partial charge in [0.05, 0.1) is 16.6 Å². The molecular formula is C15H20FN3. The summed E-state index contributed by atoms with van der Waals surface area (Å²) in [6, 6.07) is 4.78. The lowest BCUT2D eigenvalue weighted by atomic mass is 9.98. The Morgan fingerprint density at radius 2 is 2.11 bits per heavy atom. The van der Waals surface area contributed by atoms with E-state index >= 15 is 0 Å². The number of rotatable bonds is 3. The van der Waals surface area contributed by atoms with Crippen LogP contribution in [0.5, 0.6) is 0 Å². The van der Waals surface area contributed by atoms with Crippen molar-refractivity contribution in [2.45, 2.75) is 51.1 Å². The zero-order valence-corrected chi connectivity index (χ0v) is 11.3. The van der Waals surface area contributed by atoms with Gasteiger partial charge in [0.1, 0.15) is 11.6 Å². The fourth-order valence-corrected chi connectivity index (χ4v) is 3.16. The number of hydrogen-bond donors (Lipinski definition) is 1. The first-order valence-electron chi connectivity index (χ1n) is 7.09. The van der Waals surface area contributed by atoms with Crippen LogP contribution in [-0.2, 0) is 12.1 Å². The van der Waals surface area contributed by atoms with Gasteiger partial charge in [-0.3, -0.25) is 0 Å². The second kappa shape index (κ2) is 4.60. The van der Waals surface area contributed by atoms with E-state index in [1.54, 1.807) is 12.1 Å². The predicted octanol–water partition coefficient (Wildman–Crippen LogP) is 3.31. The summed E-state index contributed by atoms with van der Waals surface area (Å²) in [6.07, 6.45) is 5.25. The third-order valence-electron chi connectivity index (χ3n) is 4.10. The third kappa shape index (κ3) is 2.04. The summed E-state index contributed by atoms with van der Waals surface area (Å²) in [5.41, 5.74) is 7.93. The highest BCUT2D eigenvalue weighted by molar-refractivity contribution is 5.76. The van der Waals surface area contributed by atoms with Gasteiger partial charge in [0, 0.05) is 6.54 Å².